The second-order valence-corrected chi connectivity index (χ2v) is 7.97. The van der Waals surface area contributed by atoms with Crippen LogP contribution in [-0.2, 0) is 4.79 Å². The fourth-order valence-electron chi connectivity index (χ4n) is 4.21. The second kappa shape index (κ2) is 12.0. The average Bonchev–Trinajstić information content (AvgIpc) is 3.18. The molecule has 0 bridgehead atoms. The number of likely N-dealkylation sites (N-methyl/N-ethyl adjacent to an activating group) is 1. The predicted octanol–water partition coefficient (Wildman–Crippen LogP) is 2.09. The molecule has 3 aromatic carbocycles. The molecule has 0 unspecified atom stereocenters. The molecule has 4 aromatic rings. The largest absolute Gasteiger partial charge is 1.00 e. The van der Waals surface area contributed by atoms with Crippen LogP contribution >= 0.6 is 0 Å². The standard InChI is InChI=1S/C29H29N3O2.Na/c1-4-31(5-2)28(33)27(25-21(3)30-32(29(25)34)24-19-13-8-14-20-24)26(22-15-9-6-10-16-22)23-17-11-7-12-18-23;/h6-20,34H,4-5H2,1-3H3;/q;+1/p-1. The van der Waals surface area contributed by atoms with E-state index in [0.29, 0.717) is 35.6 Å². The summed E-state index contributed by atoms with van der Waals surface area (Å²) in [6, 6.07) is 28.8. The van der Waals surface area contributed by atoms with Crippen molar-refractivity contribution >= 4 is 17.1 Å². The summed E-state index contributed by atoms with van der Waals surface area (Å²) in [6.07, 6.45) is 0. The van der Waals surface area contributed by atoms with E-state index in [1.807, 2.05) is 105 Å². The van der Waals surface area contributed by atoms with Gasteiger partial charge in [-0.1, -0.05) is 78.9 Å². The maximum atomic E-state index is 14.0. The van der Waals surface area contributed by atoms with Gasteiger partial charge in [0, 0.05) is 24.2 Å². The first-order valence-corrected chi connectivity index (χ1v) is 11.5. The summed E-state index contributed by atoms with van der Waals surface area (Å²) < 4.78 is 1.38. The zero-order valence-corrected chi connectivity index (χ0v) is 22.7. The fraction of sp³-hybridized carbons (Fsp3) is 0.172. The number of nitrogens with zero attached hydrogens (tertiary/aromatic N) is 3. The van der Waals surface area contributed by atoms with Crippen molar-refractivity contribution in [1.29, 1.82) is 0 Å². The van der Waals surface area contributed by atoms with Crippen LogP contribution in [0.15, 0.2) is 91.0 Å². The van der Waals surface area contributed by atoms with Gasteiger partial charge in [-0.15, -0.1) is 0 Å². The van der Waals surface area contributed by atoms with Crippen molar-refractivity contribution in [3.63, 3.8) is 0 Å². The Morgan fingerprint density at radius 1 is 0.829 bits per heavy atom. The molecule has 0 aliphatic carbocycles. The number of carbonyl (C=O) groups excluding carboxylic acids is 1. The molecule has 0 saturated carbocycles. The van der Waals surface area contributed by atoms with Crippen LogP contribution < -0.4 is 34.7 Å². The van der Waals surface area contributed by atoms with Crippen LogP contribution in [0.1, 0.15) is 36.2 Å². The van der Waals surface area contributed by atoms with E-state index in [4.69, 9.17) is 0 Å². The molecule has 0 spiro atoms. The van der Waals surface area contributed by atoms with E-state index < -0.39 is 0 Å². The molecular weight excluding hydrogens is 445 g/mol. The molecule has 5 nitrogen and oxygen atoms in total. The van der Waals surface area contributed by atoms with Gasteiger partial charge in [0.25, 0.3) is 5.91 Å². The molecule has 0 aliphatic rings. The van der Waals surface area contributed by atoms with E-state index in [-0.39, 0.29) is 41.3 Å². The Morgan fingerprint density at radius 2 is 1.29 bits per heavy atom. The van der Waals surface area contributed by atoms with Crippen LogP contribution in [-0.4, -0.2) is 33.7 Å². The molecule has 0 saturated heterocycles. The van der Waals surface area contributed by atoms with E-state index in [2.05, 4.69) is 5.10 Å². The molecule has 0 aliphatic heterocycles. The minimum atomic E-state index is -0.302. The Balaban J connectivity index is 0.00000342. The van der Waals surface area contributed by atoms with E-state index in [9.17, 15) is 9.90 Å². The molecule has 0 fully saturated rings. The Bertz CT molecular complexity index is 1250. The molecule has 1 heterocycles. The van der Waals surface area contributed by atoms with Crippen molar-refractivity contribution in [3.05, 3.63) is 113 Å². The number of aromatic nitrogens is 2. The Morgan fingerprint density at radius 3 is 1.74 bits per heavy atom. The summed E-state index contributed by atoms with van der Waals surface area (Å²) in [5, 5.41) is 18.4. The third-order valence-corrected chi connectivity index (χ3v) is 5.91. The quantitative estimate of drug-likeness (QED) is 0.305. The number of aryl methyl sites for hydroxylation is 1. The van der Waals surface area contributed by atoms with Gasteiger partial charge in [0.2, 0.25) is 0 Å². The number of rotatable bonds is 7. The number of carbonyl (C=O) groups is 1. The summed E-state index contributed by atoms with van der Waals surface area (Å²) in [7, 11) is 0. The third kappa shape index (κ3) is 5.43. The van der Waals surface area contributed by atoms with Crippen LogP contribution in [0.5, 0.6) is 5.88 Å². The number of hydrogen-bond donors (Lipinski definition) is 0. The van der Waals surface area contributed by atoms with Crippen LogP contribution in [0, 0.1) is 6.92 Å². The van der Waals surface area contributed by atoms with Gasteiger partial charge in [-0.3, -0.25) is 4.79 Å². The zero-order chi connectivity index (χ0) is 24.1. The van der Waals surface area contributed by atoms with E-state index in [1.54, 1.807) is 11.8 Å². The zero-order valence-electron chi connectivity index (χ0n) is 20.7. The third-order valence-electron chi connectivity index (χ3n) is 5.91. The molecule has 1 aromatic heterocycles. The van der Waals surface area contributed by atoms with Gasteiger partial charge in [-0.25, -0.2) is 4.68 Å². The first-order valence-electron chi connectivity index (χ1n) is 11.5. The maximum absolute atomic E-state index is 14.0. The molecule has 0 radical (unpaired) electrons. The van der Waals surface area contributed by atoms with Crippen LogP contribution in [0.3, 0.4) is 0 Å². The maximum Gasteiger partial charge on any atom is 1.00 e. The fourth-order valence-corrected chi connectivity index (χ4v) is 4.21. The Hall–Kier alpha value is -3.12. The van der Waals surface area contributed by atoms with Gasteiger partial charge in [0.05, 0.1) is 17.0 Å². The van der Waals surface area contributed by atoms with Crippen LogP contribution in [0.25, 0.3) is 16.8 Å². The topological polar surface area (TPSA) is 61.2 Å². The first kappa shape index (κ1) is 26.5. The van der Waals surface area contributed by atoms with Crippen molar-refractivity contribution < 1.29 is 39.5 Å². The minimum absolute atomic E-state index is 0. The predicted molar refractivity (Wildman–Crippen MR) is 134 cm³/mol. The van der Waals surface area contributed by atoms with Gasteiger partial charge < -0.3 is 10.0 Å². The number of amides is 1. The number of benzene rings is 3. The smallest absolute Gasteiger partial charge is 0.858 e. The molecule has 4 rings (SSSR count). The van der Waals surface area contributed by atoms with E-state index in [0.717, 1.165) is 16.7 Å². The molecular formula is C29H28N3NaO2. The van der Waals surface area contributed by atoms with Crippen LogP contribution in [0.4, 0.5) is 0 Å². The van der Waals surface area contributed by atoms with Gasteiger partial charge in [0.15, 0.2) is 0 Å². The molecule has 6 heteroatoms. The Kier molecular flexibility index (Phi) is 9.10. The monoisotopic (exact) mass is 473 g/mol. The van der Waals surface area contributed by atoms with Crippen molar-refractivity contribution in [2.45, 2.75) is 20.8 Å². The van der Waals surface area contributed by atoms with E-state index in [1.165, 1.54) is 4.68 Å². The molecule has 0 N–H and O–H groups in total. The molecule has 1 amide bonds. The Labute approximate surface area is 229 Å². The number of para-hydroxylation sites is 1. The summed E-state index contributed by atoms with van der Waals surface area (Å²) in [5.74, 6) is -0.482. The summed E-state index contributed by atoms with van der Waals surface area (Å²) >= 11 is 0. The van der Waals surface area contributed by atoms with Gasteiger partial charge in [0.1, 0.15) is 0 Å². The summed E-state index contributed by atoms with van der Waals surface area (Å²) in [6.45, 7) is 6.76. The summed E-state index contributed by atoms with van der Waals surface area (Å²) in [5.41, 5.74) is 4.37. The van der Waals surface area contributed by atoms with Crippen molar-refractivity contribution in [2.24, 2.45) is 0 Å². The van der Waals surface area contributed by atoms with Crippen molar-refractivity contribution in [1.82, 2.24) is 14.7 Å². The SMILES string of the molecule is CCN(CC)C(=O)C(=C(c1ccccc1)c1ccccc1)c1c(C)nn(-c2ccccc2)c1[O-].[Na+]. The van der Waals surface area contributed by atoms with Gasteiger partial charge in [-0.2, -0.15) is 5.10 Å². The van der Waals surface area contributed by atoms with Gasteiger partial charge >= 0.3 is 29.6 Å². The summed E-state index contributed by atoms with van der Waals surface area (Å²) in [4.78, 5) is 15.8. The van der Waals surface area contributed by atoms with Gasteiger partial charge in [-0.05, 0) is 49.9 Å². The van der Waals surface area contributed by atoms with E-state index >= 15 is 0 Å². The second-order valence-electron chi connectivity index (χ2n) is 7.97. The minimum Gasteiger partial charge on any atom is -0.858 e. The molecule has 172 valence electrons. The number of hydrogen-bond acceptors (Lipinski definition) is 3. The van der Waals surface area contributed by atoms with Crippen molar-refractivity contribution in [2.75, 3.05) is 13.1 Å². The van der Waals surface area contributed by atoms with Crippen molar-refractivity contribution in [3.8, 4) is 11.6 Å². The molecule has 35 heavy (non-hydrogen) atoms. The van der Waals surface area contributed by atoms with Crippen LogP contribution in [0.2, 0.25) is 0 Å². The first-order chi connectivity index (χ1) is 16.6. The molecule has 0 atom stereocenters. The average molecular weight is 474 g/mol. The normalized spacial score (nSPS) is 10.4.